The van der Waals surface area contributed by atoms with E-state index in [9.17, 15) is 9.59 Å². The Hall–Kier alpha value is -2.83. The normalized spacial score (nSPS) is 10.9. The van der Waals surface area contributed by atoms with Crippen molar-refractivity contribution in [3.63, 3.8) is 0 Å². The summed E-state index contributed by atoms with van der Waals surface area (Å²) in [4.78, 5) is 23.5. The highest BCUT2D eigenvalue weighted by molar-refractivity contribution is 6.04. The lowest BCUT2D eigenvalue weighted by molar-refractivity contribution is 0.0696. The van der Waals surface area contributed by atoms with Gasteiger partial charge in [-0.1, -0.05) is 19.0 Å². The van der Waals surface area contributed by atoms with Gasteiger partial charge in [0, 0.05) is 12.0 Å². The molecular weight excluding hydrogens is 312 g/mol. The first-order valence-electron chi connectivity index (χ1n) is 7.60. The maximum absolute atomic E-state index is 12.3. The number of ether oxygens (including phenoxy) is 1. The fourth-order valence-electron chi connectivity index (χ4n) is 1.97. The van der Waals surface area contributed by atoms with Gasteiger partial charge < -0.3 is 19.7 Å². The van der Waals surface area contributed by atoms with E-state index in [2.05, 4.69) is 10.5 Å². The fourth-order valence-corrected chi connectivity index (χ4v) is 1.97. The highest BCUT2D eigenvalue weighted by atomic mass is 16.5. The molecule has 1 aromatic heterocycles. The summed E-state index contributed by atoms with van der Waals surface area (Å²) in [5, 5.41) is 15.5. The van der Waals surface area contributed by atoms with Crippen molar-refractivity contribution in [2.75, 3.05) is 5.32 Å². The number of amides is 1. The van der Waals surface area contributed by atoms with Crippen LogP contribution in [0, 0.1) is 0 Å². The summed E-state index contributed by atoms with van der Waals surface area (Å²) >= 11 is 0. The van der Waals surface area contributed by atoms with Crippen LogP contribution >= 0.6 is 0 Å². The van der Waals surface area contributed by atoms with Crippen molar-refractivity contribution < 1.29 is 24.0 Å². The van der Waals surface area contributed by atoms with Gasteiger partial charge in [-0.3, -0.25) is 4.79 Å². The van der Waals surface area contributed by atoms with Crippen LogP contribution in [0.1, 0.15) is 60.2 Å². The zero-order valence-electron chi connectivity index (χ0n) is 14.0. The van der Waals surface area contributed by atoms with Gasteiger partial charge in [0.2, 0.25) is 0 Å². The van der Waals surface area contributed by atoms with Crippen molar-refractivity contribution in [2.45, 2.75) is 39.7 Å². The molecule has 7 heteroatoms. The standard InChI is InChI=1S/C17H20N2O5/c1-9(2)15-8-13(19-24-15)16(20)18-12-7-11(17(21)22)5-6-14(12)23-10(3)4/h5-10H,1-4H3,(H,18,20)(H,21,22). The van der Waals surface area contributed by atoms with E-state index < -0.39 is 11.9 Å². The minimum absolute atomic E-state index is 0.0458. The smallest absolute Gasteiger partial charge is 0.335 e. The molecule has 0 saturated heterocycles. The number of aromatic nitrogens is 1. The molecule has 0 bridgehead atoms. The predicted octanol–water partition coefficient (Wildman–Crippen LogP) is 3.54. The molecule has 1 heterocycles. The van der Waals surface area contributed by atoms with Crippen LogP contribution in [0.5, 0.6) is 5.75 Å². The zero-order valence-corrected chi connectivity index (χ0v) is 14.0. The largest absolute Gasteiger partial charge is 0.489 e. The van der Waals surface area contributed by atoms with Crippen molar-refractivity contribution in [1.82, 2.24) is 5.16 Å². The number of carbonyl (C=O) groups is 2. The highest BCUT2D eigenvalue weighted by Gasteiger charge is 2.18. The van der Waals surface area contributed by atoms with Crippen molar-refractivity contribution in [1.29, 1.82) is 0 Å². The number of nitrogens with zero attached hydrogens (tertiary/aromatic N) is 1. The van der Waals surface area contributed by atoms with Gasteiger partial charge >= 0.3 is 5.97 Å². The van der Waals surface area contributed by atoms with Crippen LogP contribution in [0.3, 0.4) is 0 Å². The van der Waals surface area contributed by atoms with E-state index in [1.54, 1.807) is 6.07 Å². The number of carbonyl (C=O) groups excluding carboxylic acids is 1. The van der Waals surface area contributed by atoms with Crippen molar-refractivity contribution >= 4 is 17.6 Å². The molecule has 0 saturated carbocycles. The van der Waals surface area contributed by atoms with E-state index in [1.165, 1.54) is 18.2 Å². The van der Waals surface area contributed by atoms with Crippen LogP contribution in [-0.2, 0) is 0 Å². The molecule has 7 nitrogen and oxygen atoms in total. The van der Waals surface area contributed by atoms with Crippen LogP contribution in [0.25, 0.3) is 0 Å². The number of hydrogen-bond acceptors (Lipinski definition) is 5. The Morgan fingerprint density at radius 2 is 1.92 bits per heavy atom. The van der Waals surface area contributed by atoms with E-state index in [4.69, 9.17) is 14.4 Å². The highest BCUT2D eigenvalue weighted by Crippen LogP contribution is 2.28. The lowest BCUT2D eigenvalue weighted by atomic mass is 10.1. The number of carboxylic acid groups (broad SMARTS) is 1. The van der Waals surface area contributed by atoms with Gasteiger partial charge in [-0.15, -0.1) is 0 Å². The van der Waals surface area contributed by atoms with Crippen molar-refractivity contribution in [3.8, 4) is 5.75 Å². The maximum Gasteiger partial charge on any atom is 0.335 e. The summed E-state index contributed by atoms with van der Waals surface area (Å²) in [5.41, 5.74) is 0.432. The SMILES string of the molecule is CC(C)Oc1ccc(C(=O)O)cc1NC(=O)c1cc(C(C)C)on1. The van der Waals surface area contributed by atoms with Gasteiger partial charge in [-0.25, -0.2) is 4.79 Å². The summed E-state index contributed by atoms with van der Waals surface area (Å²) in [6.07, 6.45) is -0.129. The molecule has 1 amide bonds. The number of rotatable bonds is 6. The van der Waals surface area contributed by atoms with Crippen LogP contribution in [0.4, 0.5) is 5.69 Å². The predicted molar refractivity (Wildman–Crippen MR) is 87.7 cm³/mol. The Morgan fingerprint density at radius 3 is 2.46 bits per heavy atom. The molecule has 0 unspecified atom stereocenters. The van der Waals surface area contributed by atoms with Gasteiger partial charge in [0.25, 0.3) is 5.91 Å². The van der Waals surface area contributed by atoms with Crippen LogP contribution in [0.2, 0.25) is 0 Å². The molecule has 0 radical (unpaired) electrons. The molecule has 2 aromatic rings. The molecule has 0 aliphatic carbocycles. The summed E-state index contributed by atoms with van der Waals surface area (Å²) in [6, 6.07) is 5.84. The van der Waals surface area contributed by atoms with Gasteiger partial charge in [-0.05, 0) is 32.0 Å². The van der Waals surface area contributed by atoms with Gasteiger partial charge in [0.15, 0.2) is 5.69 Å². The maximum atomic E-state index is 12.3. The first kappa shape index (κ1) is 17.5. The number of nitrogens with one attached hydrogen (secondary N) is 1. The average Bonchev–Trinajstić information content (AvgIpc) is 2.98. The topological polar surface area (TPSA) is 102 Å². The zero-order chi connectivity index (χ0) is 17.9. The lowest BCUT2D eigenvalue weighted by Crippen LogP contribution is -2.15. The van der Waals surface area contributed by atoms with Crippen molar-refractivity contribution in [3.05, 3.63) is 41.3 Å². The summed E-state index contributed by atoms with van der Waals surface area (Å²) in [5.74, 6) is -0.504. The Kier molecular flexibility index (Phi) is 5.23. The molecule has 24 heavy (non-hydrogen) atoms. The first-order valence-corrected chi connectivity index (χ1v) is 7.60. The molecular formula is C17H20N2O5. The summed E-state index contributed by atoms with van der Waals surface area (Å²) in [7, 11) is 0. The minimum Gasteiger partial charge on any atom is -0.489 e. The quantitative estimate of drug-likeness (QED) is 0.839. The number of carboxylic acids is 1. The van der Waals surface area contributed by atoms with Crippen LogP contribution < -0.4 is 10.1 Å². The Balaban J connectivity index is 2.29. The molecule has 0 fully saturated rings. The third-order valence-electron chi connectivity index (χ3n) is 3.17. The van der Waals surface area contributed by atoms with Crippen LogP contribution in [-0.4, -0.2) is 28.2 Å². The second kappa shape index (κ2) is 7.16. The minimum atomic E-state index is -1.09. The second-order valence-corrected chi connectivity index (χ2v) is 5.91. The molecule has 2 rings (SSSR count). The van der Waals surface area contributed by atoms with Gasteiger partial charge in [-0.2, -0.15) is 0 Å². The first-order chi connectivity index (χ1) is 11.3. The monoisotopic (exact) mass is 332 g/mol. The molecule has 0 aliphatic heterocycles. The van der Waals surface area contributed by atoms with Gasteiger partial charge in [0.1, 0.15) is 11.5 Å². The van der Waals surface area contributed by atoms with E-state index in [0.29, 0.717) is 11.5 Å². The molecule has 2 N–H and O–H groups in total. The number of hydrogen-bond donors (Lipinski definition) is 2. The second-order valence-electron chi connectivity index (χ2n) is 5.91. The molecule has 1 aromatic carbocycles. The lowest BCUT2D eigenvalue weighted by Gasteiger charge is -2.15. The molecule has 0 atom stereocenters. The van der Waals surface area contributed by atoms with Crippen LogP contribution in [0.15, 0.2) is 28.8 Å². The van der Waals surface area contributed by atoms with Gasteiger partial charge in [0.05, 0.1) is 17.4 Å². The van der Waals surface area contributed by atoms with E-state index >= 15 is 0 Å². The van der Waals surface area contributed by atoms with E-state index in [0.717, 1.165) is 0 Å². The van der Waals surface area contributed by atoms with E-state index in [1.807, 2.05) is 27.7 Å². The molecule has 128 valence electrons. The molecule has 0 spiro atoms. The Bertz CT molecular complexity index is 749. The van der Waals surface area contributed by atoms with Crippen molar-refractivity contribution in [2.24, 2.45) is 0 Å². The third kappa shape index (κ3) is 4.13. The number of anilines is 1. The van der Waals surface area contributed by atoms with E-state index in [-0.39, 0.29) is 29.0 Å². The fraction of sp³-hybridized carbons (Fsp3) is 0.353. The third-order valence-corrected chi connectivity index (χ3v) is 3.17. The average molecular weight is 332 g/mol. The Labute approximate surface area is 139 Å². The number of benzene rings is 1. The molecule has 0 aliphatic rings. The number of aromatic carboxylic acids is 1. The Morgan fingerprint density at radius 1 is 1.21 bits per heavy atom. The summed E-state index contributed by atoms with van der Waals surface area (Å²) < 4.78 is 10.7. The summed E-state index contributed by atoms with van der Waals surface area (Å²) in [6.45, 7) is 7.52.